The molecular formula is C35H41NS. The number of aryl methyl sites for hydroxylation is 3. The van der Waals surface area contributed by atoms with Crippen molar-refractivity contribution >= 4 is 27.0 Å². The van der Waals surface area contributed by atoms with Crippen LogP contribution in [0.4, 0.5) is 0 Å². The minimum Gasteiger partial charge on any atom is -0.317 e. The predicted molar refractivity (Wildman–Crippen MR) is 164 cm³/mol. The summed E-state index contributed by atoms with van der Waals surface area (Å²) in [5, 5.41) is 4.91. The van der Waals surface area contributed by atoms with E-state index < -0.39 is 0 Å². The minimum absolute atomic E-state index is 0.613. The SMILES string of the molecule is C=C(C[C@@H](Cc1cc(-c2ccc(C)cc2)ccc1C)C1CCC(NC)CC1)c1sc2ccccc2c1C. The lowest BCUT2D eigenvalue weighted by Gasteiger charge is -2.35. The van der Waals surface area contributed by atoms with E-state index >= 15 is 0 Å². The van der Waals surface area contributed by atoms with Crippen LogP contribution in [-0.2, 0) is 6.42 Å². The van der Waals surface area contributed by atoms with Gasteiger partial charge in [-0.25, -0.2) is 0 Å². The van der Waals surface area contributed by atoms with Crippen molar-refractivity contribution in [1.29, 1.82) is 0 Å². The molecule has 1 aromatic heterocycles. The smallest absolute Gasteiger partial charge is 0.0352 e. The second-order valence-corrected chi connectivity index (χ2v) is 12.3. The lowest BCUT2D eigenvalue weighted by molar-refractivity contribution is 0.222. The maximum atomic E-state index is 4.68. The van der Waals surface area contributed by atoms with Gasteiger partial charge >= 0.3 is 0 Å². The van der Waals surface area contributed by atoms with Crippen LogP contribution in [0, 0.1) is 32.6 Å². The molecule has 1 aliphatic rings. The molecule has 3 aromatic carbocycles. The van der Waals surface area contributed by atoms with Crippen LogP contribution >= 0.6 is 11.3 Å². The normalized spacial score (nSPS) is 18.7. The Balaban J connectivity index is 1.43. The Bertz CT molecular complexity index is 1370. The first-order valence-electron chi connectivity index (χ1n) is 13.9. The second-order valence-electron chi connectivity index (χ2n) is 11.2. The van der Waals surface area contributed by atoms with E-state index in [2.05, 4.69) is 106 Å². The van der Waals surface area contributed by atoms with Gasteiger partial charge in [0.05, 0.1) is 0 Å². The molecule has 192 valence electrons. The minimum atomic E-state index is 0.613. The number of thiophene rings is 1. The largest absolute Gasteiger partial charge is 0.317 e. The topological polar surface area (TPSA) is 12.0 Å². The van der Waals surface area contributed by atoms with Crippen molar-refractivity contribution in [2.45, 2.75) is 65.3 Å². The molecule has 1 atom stereocenters. The van der Waals surface area contributed by atoms with Crippen LogP contribution < -0.4 is 5.32 Å². The van der Waals surface area contributed by atoms with Gasteiger partial charge in [-0.15, -0.1) is 11.3 Å². The zero-order valence-electron chi connectivity index (χ0n) is 22.9. The molecule has 37 heavy (non-hydrogen) atoms. The fourth-order valence-electron chi connectivity index (χ4n) is 6.30. The van der Waals surface area contributed by atoms with Gasteiger partial charge in [0.15, 0.2) is 0 Å². The molecule has 1 saturated carbocycles. The van der Waals surface area contributed by atoms with Gasteiger partial charge in [-0.1, -0.05) is 72.8 Å². The summed E-state index contributed by atoms with van der Waals surface area (Å²) in [5.74, 6) is 1.36. The Hall–Kier alpha value is -2.68. The van der Waals surface area contributed by atoms with Gasteiger partial charge in [-0.3, -0.25) is 0 Å². The van der Waals surface area contributed by atoms with Crippen molar-refractivity contribution < 1.29 is 0 Å². The molecule has 1 aliphatic carbocycles. The Morgan fingerprint density at radius 1 is 0.919 bits per heavy atom. The number of benzene rings is 3. The molecule has 1 fully saturated rings. The van der Waals surface area contributed by atoms with Gasteiger partial charge in [-0.2, -0.15) is 0 Å². The molecule has 0 amide bonds. The van der Waals surface area contributed by atoms with E-state index in [1.807, 2.05) is 11.3 Å². The fourth-order valence-corrected chi connectivity index (χ4v) is 7.49. The predicted octanol–water partition coefficient (Wildman–Crippen LogP) is 9.53. The molecule has 0 radical (unpaired) electrons. The maximum absolute atomic E-state index is 4.68. The summed E-state index contributed by atoms with van der Waals surface area (Å²) in [6.07, 6.45) is 7.40. The Morgan fingerprint density at radius 2 is 1.62 bits per heavy atom. The zero-order chi connectivity index (χ0) is 25.9. The van der Waals surface area contributed by atoms with Crippen molar-refractivity contribution in [3.63, 3.8) is 0 Å². The third-order valence-electron chi connectivity index (χ3n) is 8.74. The molecule has 1 nitrogen and oxygen atoms in total. The van der Waals surface area contributed by atoms with Crippen LogP contribution in [0.3, 0.4) is 0 Å². The fraction of sp³-hybridized carbons (Fsp3) is 0.371. The van der Waals surface area contributed by atoms with Crippen molar-refractivity contribution in [3.8, 4) is 11.1 Å². The molecular weight excluding hydrogens is 466 g/mol. The lowest BCUT2D eigenvalue weighted by Crippen LogP contribution is -2.33. The van der Waals surface area contributed by atoms with Crippen molar-refractivity contribution in [2.75, 3.05) is 7.05 Å². The van der Waals surface area contributed by atoms with Crippen molar-refractivity contribution in [2.24, 2.45) is 11.8 Å². The Morgan fingerprint density at radius 3 is 2.32 bits per heavy atom. The van der Waals surface area contributed by atoms with Crippen LogP contribution in [-0.4, -0.2) is 13.1 Å². The molecule has 5 rings (SSSR count). The van der Waals surface area contributed by atoms with Crippen LogP contribution in [0.1, 0.15) is 59.2 Å². The average molecular weight is 508 g/mol. The average Bonchev–Trinajstić information content (AvgIpc) is 3.26. The molecule has 0 spiro atoms. The summed E-state index contributed by atoms with van der Waals surface area (Å²) in [7, 11) is 2.12. The summed E-state index contributed by atoms with van der Waals surface area (Å²) in [6.45, 7) is 11.4. The quantitative estimate of drug-likeness (QED) is 0.250. The van der Waals surface area contributed by atoms with Gasteiger partial charge in [0.1, 0.15) is 0 Å². The molecule has 4 aromatic rings. The van der Waals surface area contributed by atoms with Crippen LogP contribution in [0.5, 0.6) is 0 Å². The third-order valence-corrected chi connectivity index (χ3v) is 10.1. The van der Waals surface area contributed by atoms with Crippen LogP contribution in [0.2, 0.25) is 0 Å². The summed E-state index contributed by atoms with van der Waals surface area (Å²) in [4.78, 5) is 1.40. The van der Waals surface area contributed by atoms with Gasteiger partial charge in [-0.05, 0) is 123 Å². The van der Waals surface area contributed by atoms with E-state index in [9.17, 15) is 0 Å². The van der Waals surface area contributed by atoms with E-state index in [1.165, 1.54) is 79.6 Å². The number of nitrogens with one attached hydrogen (secondary N) is 1. The summed E-state index contributed by atoms with van der Waals surface area (Å²) >= 11 is 1.93. The van der Waals surface area contributed by atoms with Gasteiger partial charge in [0.25, 0.3) is 0 Å². The number of hydrogen-bond donors (Lipinski definition) is 1. The third kappa shape index (κ3) is 5.76. The van der Waals surface area contributed by atoms with Crippen molar-refractivity contribution in [3.05, 3.63) is 100 Å². The first-order chi connectivity index (χ1) is 17.9. The summed E-state index contributed by atoms with van der Waals surface area (Å²) < 4.78 is 1.38. The molecule has 2 heteroatoms. The number of fused-ring (bicyclic) bond motifs is 1. The highest BCUT2D eigenvalue weighted by Crippen LogP contribution is 2.41. The highest BCUT2D eigenvalue weighted by atomic mass is 32.1. The van der Waals surface area contributed by atoms with E-state index in [1.54, 1.807) is 0 Å². The zero-order valence-corrected chi connectivity index (χ0v) is 23.8. The molecule has 0 bridgehead atoms. The lowest BCUT2D eigenvalue weighted by atomic mass is 9.73. The number of rotatable bonds is 8. The number of hydrogen-bond acceptors (Lipinski definition) is 2. The van der Waals surface area contributed by atoms with Crippen LogP contribution in [0.25, 0.3) is 26.8 Å². The van der Waals surface area contributed by atoms with E-state index in [0.717, 1.165) is 18.8 Å². The molecule has 0 unspecified atom stereocenters. The van der Waals surface area contributed by atoms with Crippen LogP contribution in [0.15, 0.2) is 73.3 Å². The molecule has 1 N–H and O–H groups in total. The highest BCUT2D eigenvalue weighted by Gasteiger charge is 2.29. The Labute approximate surface area is 227 Å². The molecule has 0 saturated heterocycles. The van der Waals surface area contributed by atoms with E-state index in [4.69, 9.17) is 0 Å². The highest BCUT2D eigenvalue weighted by molar-refractivity contribution is 7.20. The van der Waals surface area contributed by atoms with Gasteiger partial charge in [0, 0.05) is 15.6 Å². The van der Waals surface area contributed by atoms with E-state index in [-0.39, 0.29) is 0 Å². The molecule has 1 heterocycles. The molecule has 0 aliphatic heterocycles. The van der Waals surface area contributed by atoms with E-state index in [0.29, 0.717) is 12.0 Å². The first-order valence-corrected chi connectivity index (χ1v) is 14.7. The maximum Gasteiger partial charge on any atom is 0.0352 e. The standard InChI is InChI=1S/C35H41NS/c1-23-10-13-27(14-11-23)29-15-12-24(2)30(21-29)22-31(28-16-18-32(36-5)19-17-28)20-25(3)35-26(4)33-8-6-7-9-34(33)37-35/h6-15,21,28,31-32,36H,3,16-20,22H2,1-2,4-5H3/t28?,31-,32?/m0/s1. The summed E-state index contributed by atoms with van der Waals surface area (Å²) in [5.41, 5.74) is 9.59. The second kappa shape index (κ2) is 11.4. The van der Waals surface area contributed by atoms with Gasteiger partial charge in [0.2, 0.25) is 0 Å². The Kier molecular flexibility index (Phi) is 7.98. The van der Waals surface area contributed by atoms with Gasteiger partial charge < -0.3 is 5.32 Å². The monoisotopic (exact) mass is 507 g/mol. The summed E-state index contributed by atoms with van der Waals surface area (Å²) in [6, 6.07) is 25.5. The van der Waals surface area contributed by atoms with Crippen molar-refractivity contribution in [1.82, 2.24) is 5.32 Å². The number of allylic oxidation sites excluding steroid dienone is 1. The first kappa shape index (κ1) is 25.9.